The molecule has 1 aliphatic rings. The van der Waals surface area contributed by atoms with Crippen LogP contribution in [0.5, 0.6) is 0 Å². The number of halogens is 1. The van der Waals surface area contributed by atoms with Gasteiger partial charge in [-0.1, -0.05) is 18.5 Å². The Morgan fingerprint density at radius 1 is 1.58 bits per heavy atom. The van der Waals surface area contributed by atoms with Gasteiger partial charge in [-0.15, -0.1) is 0 Å². The van der Waals surface area contributed by atoms with E-state index in [2.05, 4.69) is 11.8 Å². The lowest BCUT2D eigenvalue weighted by Crippen LogP contribution is -2.34. The molecule has 1 fully saturated rings. The zero-order valence-corrected chi connectivity index (χ0v) is 11.5. The lowest BCUT2D eigenvalue weighted by molar-refractivity contribution is -0.384. The van der Waals surface area contributed by atoms with Gasteiger partial charge in [0.2, 0.25) is 0 Å². The van der Waals surface area contributed by atoms with Crippen molar-refractivity contribution in [2.45, 2.75) is 25.9 Å². The molecule has 0 saturated carbocycles. The summed E-state index contributed by atoms with van der Waals surface area (Å²) < 4.78 is 0. The van der Waals surface area contributed by atoms with E-state index in [1.165, 1.54) is 12.1 Å². The minimum Gasteiger partial charge on any atom is -0.395 e. The third-order valence-corrected chi connectivity index (χ3v) is 4.17. The number of hydrogen-bond donors (Lipinski definition) is 1. The average molecular weight is 285 g/mol. The summed E-state index contributed by atoms with van der Waals surface area (Å²) in [5, 5.41) is 20.7. The number of non-ortho nitro benzene ring substituents is 1. The molecule has 1 heterocycles. The maximum atomic E-state index is 10.8. The van der Waals surface area contributed by atoms with Gasteiger partial charge in [0.1, 0.15) is 0 Å². The molecule has 0 aromatic heterocycles. The van der Waals surface area contributed by atoms with Crippen LogP contribution < -0.4 is 0 Å². The second kappa shape index (κ2) is 5.86. The van der Waals surface area contributed by atoms with Gasteiger partial charge in [0, 0.05) is 29.7 Å². The van der Waals surface area contributed by atoms with E-state index < -0.39 is 4.92 Å². The lowest BCUT2D eigenvalue weighted by Gasteiger charge is -2.25. The molecular formula is C13H17ClN2O3. The van der Waals surface area contributed by atoms with E-state index in [0.29, 0.717) is 17.5 Å². The summed E-state index contributed by atoms with van der Waals surface area (Å²) in [4.78, 5) is 12.5. The van der Waals surface area contributed by atoms with E-state index in [-0.39, 0.29) is 18.3 Å². The van der Waals surface area contributed by atoms with Crippen LogP contribution in [0.2, 0.25) is 5.02 Å². The Kier molecular flexibility index (Phi) is 4.39. The predicted octanol–water partition coefficient (Wildman–Crippen LogP) is 2.45. The number of nitro benzene ring substituents is 1. The minimum atomic E-state index is -0.421. The number of rotatable bonds is 4. The fourth-order valence-electron chi connectivity index (χ4n) is 2.59. The fourth-order valence-corrected chi connectivity index (χ4v) is 2.77. The number of aliphatic hydroxyl groups is 1. The standard InChI is InChI=1S/C13H17ClN2O3/c1-9-4-5-15(13(9)8-17)7-10-6-11(16(18)19)2-3-12(10)14/h2-3,6,9,13,17H,4-5,7-8H2,1H3. The molecule has 2 rings (SSSR count). The maximum Gasteiger partial charge on any atom is 0.269 e. The van der Waals surface area contributed by atoms with Crippen LogP contribution in [0.15, 0.2) is 18.2 Å². The van der Waals surface area contributed by atoms with Crippen LogP contribution in [0.4, 0.5) is 5.69 Å². The predicted molar refractivity (Wildman–Crippen MR) is 73.2 cm³/mol. The smallest absolute Gasteiger partial charge is 0.269 e. The Morgan fingerprint density at radius 3 is 2.95 bits per heavy atom. The Balaban J connectivity index is 2.18. The van der Waals surface area contributed by atoms with Gasteiger partial charge in [0.15, 0.2) is 0 Å². The third kappa shape index (κ3) is 3.05. The molecule has 1 aliphatic heterocycles. The summed E-state index contributed by atoms with van der Waals surface area (Å²) >= 11 is 6.09. The molecule has 1 aromatic rings. The fraction of sp³-hybridized carbons (Fsp3) is 0.538. The Labute approximate surface area is 116 Å². The van der Waals surface area contributed by atoms with Crippen LogP contribution in [0.1, 0.15) is 18.9 Å². The molecule has 0 aliphatic carbocycles. The Bertz CT molecular complexity index is 481. The third-order valence-electron chi connectivity index (χ3n) is 3.80. The summed E-state index contributed by atoms with van der Waals surface area (Å²) in [5.74, 6) is 0.433. The molecule has 0 radical (unpaired) electrons. The van der Waals surface area contributed by atoms with E-state index in [1.807, 2.05) is 0 Å². The van der Waals surface area contributed by atoms with Crippen LogP contribution in [0.25, 0.3) is 0 Å². The lowest BCUT2D eigenvalue weighted by atomic mass is 10.0. The van der Waals surface area contributed by atoms with Crippen molar-refractivity contribution in [2.75, 3.05) is 13.2 Å². The first-order valence-electron chi connectivity index (χ1n) is 6.30. The largest absolute Gasteiger partial charge is 0.395 e. The number of hydrogen-bond acceptors (Lipinski definition) is 4. The SMILES string of the molecule is CC1CCN(Cc2cc([N+](=O)[O-])ccc2Cl)C1CO. The van der Waals surface area contributed by atoms with Crippen molar-refractivity contribution in [3.63, 3.8) is 0 Å². The highest BCUT2D eigenvalue weighted by Gasteiger charge is 2.30. The zero-order valence-electron chi connectivity index (χ0n) is 10.8. The van der Waals surface area contributed by atoms with Gasteiger partial charge >= 0.3 is 0 Å². The van der Waals surface area contributed by atoms with Gasteiger partial charge in [0.05, 0.1) is 11.5 Å². The van der Waals surface area contributed by atoms with Crippen LogP contribution in [-0.4, -0.2) is 34.1 Å². The van der Waals surface area contributed by atoms with Crippen molar-refractivity contribution in [2.24, 2.45) is 5.92 Å². The minimum absolute atomic E-state index is 0.0483. The summed E-state index contributed by atoms with van der Waals surface area (Å²) in [5.41, 5.74) is 0.788. The molecule has 1 N–H and O–H groups in total. The molecule has 0 bridgehead atoms. The molecule has 19 heavy (non-hydrogen) atoms. The molecule has 1 saturated heterocycles. The summed E-state index contributed by atoms with van der Waals surface area (Å²) in [6.45, 7) is 3.63. The molecule has 6 heteroatoms. The summed E-state index contributed by atoms with van der Waals surface area (Å²) in [7, 11) is 0. The van der Waals surface area contributed by atoms with E-state index in [0.717, 1.165) is 18.5 Å². The van der Waals surface area contributed by atoms with Gasteiger partial charge in [-0.3, -0.25) is 15.0 Å². The van der Waals surface area contributed by atoms with Gasteiger partial charge in [-0.25, -0.2) is 0 Å². The van der Waals surface area contributed by atoms with Crippen molar-refractivity contribution >= 4 is 17.3 Å². The molecule has 0 spiro atoms. The van der Waals surface area contributed by atoms with E-state index >= 15 is 0 Å². The van der Waals surface area contributed by atoms with Gasteiger partial charge in [0.25, 0.3) is 5.69 Å². The van der Waals surface area contributed by atoms with Crippen molar-refractivity contribution in [1.82, 2.24) is 4.90 Å². The molecule has 104 valence electrons. The first-order chi connectivity index (χ1) is 9.02. The molecule has 5 nitrogen and oxygen atoms in total. The van der Waals surface area contributed by atoms with Crippen molar-refractivity contribution < 1.29 is 10.0 Å². The summed E-state index contributed by atoms with van der Waals surface area (Å²) in [6, 6.07) is 4.58. The molecule has 0 amide bonds. The van der Waals surface area contributed by atoms with E-state index in [4.69, 9.17) is 11.6 Å². The maximum absolute atomic E-state index is 10.8. The highest BCUT2D eigenvalue weighted by atomic mass is 35.5. The van der Waals surface area contributed by atoms with Gasteiger partial charge in [-0.2, -0.15) is 0 Å². The molecule has 2 unspecified atom stereocenters. The first kappa shape index (κ1) is 14.2. The molecular weight excluding hydrogens is 268 g/mol. The number of nitro groups is 1. The monoisotopic (exact) mass is 284 g/mol. The first-order valence-corrected chi connectivity index (χ1v) is 6.68. The van der Waals surface area contributed by atoms with Gasteiger partial charge < -0.3 is 5.11 Å². The second-order valence-corrected chi connectivity index (χ2v) is 5.43. The quantitative estimate of drug-likeness (QED) is 0.681. The van der Waals surface area contributed by atoms with Crippen molar-refractivity contribution in [1.29, 1.82) is 0 Å². The highest BCUT2D eigenvalue weighted by molar-refractivity contribution is 6.31. The molecule has 2 atom stereocenters. The zero-order chi connectivity index (χ0) is 14.0. The number of benzene rings is 1. The van der Waals surface area contributed by atoms with Gasteiger partial charge in [-0.05, 0) is 30.5 Å². The Morgan fingerprint density at radius 2 is 2.32 bits per heavy atom. The second-order valence-electron chi connectivity index (χ2n) is 5.02. The Hall–Kier alpha value is -1.17. The van der Waals surface area contributed by atoms with Crippen molar-refractivity contribution in [3.8, 4) is 0 Å². The van der Waals surface area contributed by atoms with Crippen molar-refractivity contribution in [3.05, 3.63) is 38.9 Å². The van der Waals surface area contributed by atoms with Crippen LogP contribution in [0, 0.1) is 16.0 Å². The topological polar surface area (TPSA) is 66.6 Å². The van der Waals surface area contributed by atoms with Crippen LogP contribution >= 0.6 is 11.6 Å². The van der Waals surface area contributed by atoms with Crippen LogP contribution in [-0.2, 0) is 6.54 Å². The van der Waals surface area contributed by atoms with E-state index in [9.17, 15) is 15.2 Å². The molecule has 1 aromatic carbocycles. The highest BCUT2D eigenvalue weighted by Crippen LogP contribution is 2.29. The summed E-state index contributed by atoms with van der Waals surface area (Å²) in [6.07, 6.45) is 1.03. The number of nitrogens with zero attached hydrogens (tertiary/aromatic N) is 2. The van der Waals surface area contributed by atoms with E-state index in [1.54, 1.807) is 6.07 Å². The average Bonchev–Trinajstić information content (AvgIpc) is 2.72. The number of aliphatic hydroxyl groups excluding tert-OH is 1. The van der Waals surface area contributed by atoms with Crippen LogP contribution in [0.3, 0.4) is 0 Å². The number of likely N-dealkylation sites (tertiary alicyclic amines) is 1. The normalized spacial score (nSPS) is 23.7.